The van der Waals surface area contributed by atoms with Gasteiger partial charge in [0.05, 0.1) is 29.9 Å². The lowest BCUT2D eigenvalue weighted by Crippen LogP contribution is -2.45. The van der Waals surface area contributed by atoms with Crippen molar-refractivity contribution in [3.63, 3.8) is 0 Å². The first-order valence-corrected chi connectivity index (χ1v) is 8.97. The van der Waals surface area contributed by atoms with Crippen molar-refractivity contribution >= 4 is 17.2 Å². The molecule has 28 heavy (non-hydrogen) atoms. The normalized spacial score (nSPS) is 17.2. The third-order valence-electron chi connectivity index (χ3n) is 4.79. The number of nitro groups is 1. The summed E-state index contributed by atoms with van der Waals surface area (Å²) in [5, 5.41) is 16.1. The summed E-state index contributed by atoms with van der Waals surface area (Å²) in [4.78, 5) is 29.8. The van der Waals surface area contributed by atoms with Gasteiger partial charge in [-0.25, -0.2) is 4.98 Å². The molecule has 3 aromatic rings. The van der Waals surface area contributed by atoms with Crippen molar-refractivity contribution in [2.75, 3.05) is 24.6 Å². The van der Waals surface area contributed by atoms with Gasteiger partial charge >= 0.3 is 11.2 Å². The van der Waals surface area contributed by atoms with E-state index in [4.69, 9.17) is 4.74 Å². The number of aromatic nitrogens is 4. The summed E-state index contributed by atoms with van der Waals surface area (Å²) < 4.78 is 8.88. The number of anilines is 1. The monoisotopic (exact) mass is 384 g/mol. The van der Waals surface area contributed by atoms with Crippen LogP contribution >= 0.6 is 0 Å². The Bertz CT molecular complexity index is 1110. The molecule has 1 aliphatic rings. The highest BCUT2D eigenvalue weighted by Gasteiger charge is 2.31. The van der Waals surface area contributed by atoms with Gasteiger partial charge in [-0.2, -0.15) is 5.10 Å². The molecular weight excluding hydrogens is 364 g/mol. The molecule has 0 radical (unpaired) electrons. The predicted octanol–water partition coefficient (Wildman–Crippen LogP) is 1.32. The van der Waals surface area contributed by atoms with E-state index >= 15 is 0 Å². The summed E-state index contributed by atoms with van der Waals surface area (Å²) in [7, 11) is 0. The molecule has 0 aromatic carbocycles. The smallest absolute Gasteiger partial charge is 0.373 e. The van der Waals surface area contributed by atoms with Crippen LogP contribution in [0.25, 0.3) is 5.65 Å². The van der Waals surface area contributed by atoms with Gasteiger partial charge in [-0.05, 0) is 32.0 Å². The van der Waals surface area contributed by atoms with E-state index in [1.54, 1.807) is 23.1 Å². The fourth-order valence-electron chi connectivity index (χ4n) is 3.52. The Balaban J connectivity index is 1.69. The maximum absolute atomic E-state index is 12.7. The molecule has 0 spiro atoms. The first-order valence-electron chi connectivity index (χ1n) is 8.97. The number of fused-ring (bicyclic) bond motifs is 1. The Labute approximate surface area is 160 Å². The van der Waals surface area contributed by atoms with Crippen LogP contribution in [0.5, 0.6) is 0 Å². The lowest BCUT2D eigenvalue weighted by atomic mass is 10.2. The number of ether oxygens (including phenoxy) is 1. The van der Waals surface area contributed by atoms with Crippen LogP contribution in [0.2, 0.25) is 0 Å². The van der Waals surface area contributed by atoms with Gasteiger partial charge in [0.2, 0.25) is 5.82 Å². The zero-order valence-electron chi connectivity index (χ0n) is 15.6. The van der Waals surface area contributed by atoms with Crippen molar-refractivity contribution in [2.24, 2.45) is 0 Å². The first kappa shape index (κ1) is 18.1. The lowest BCUT2D eigenvalue weighted by molar-refractivity contribution is -0.385. The lowest BCUT2D eigenvalue weighted by Gasteiger charge is -2.33. The molecule has 0 bridgehead atoms. The van der Waals surface area contributed by atoms with Gasteiger partial charge in [0.1, 0.15) is 5.65 Å². The summed E-state index contributed by atoms with van der Waals surface area (Å²) in [6.45, 7) is 5.61. The van der Waals surface area contributed by atoms with Crippen molar-refractivity contribution in [2.45, 2.75) is 26.5 Å². The Morgan fingerprint density at radius 1 is 1.36 bits per heavy atom. The highest BCUT2D eigenvalue weighted by Crippen LogP contribution is 2.25. The van der Waals surface area contributed by atoms with Crippen LogP contribution in [0.4, 0.5) is 11.5 Å². The minimum absolute atomic E-state index is 0.0860. The standard InChI is InChI=1S/C18H20N6O4/c1-12-9-13(2)23(20-12)11-14-10-21(7-8-28-14)17-16(24(26)27)18(25)22-6-4-3-5-15(22)19-17/h3-6,9,14H,7-8,10-11H2,1-2H3. The van der Waals surface area contributed by atoms with Gasteiger partial charge in [-0.15, -0.1) is 0 Å². The SMILES string of the molecule is Cc1cc(C)n(CC2CN(c3nc4ccccn4c(=O)c3[N+](=O)[O-])CCO2)n1. The molecule has 1 unspecified atom stereocenters. The van der Waals surface area contributed by atoms with Crippen molar-refractivity contribution in [3.05, 3.63) is 62.3 Å². The van der Waals surface area contributed by atoms with Gasteiger partial charge in [-0.3, -0.25) is 24.0 Å². The zero-order chi connectivity index (χ0) is 19.8. The van der Waals surface area contributed by atoms with E-state index in [-0.39, 0.29) is 11.9 Å². The average molecular weight is 384 g/mol. The summed E-state index contributed by atoms with van der Waals surface area (Å²) in [5.74, 6) is 0.0860. The van der Waals surface area contributed by atoms with Gasteiger partial charge in [-0.1, -0.05) is 6.07 Å². The van der Waals surface area contributed by atoms with Gasteiger partial charge in [0.25, 0.3) is 0 Å². The third kappa shape index (κ3) is 3.22. The summed E-state index contributed by atoms with van der Waals surface area (Å²) in [6, 6.07) is 7.01. The minimum Gasteiger partial charge on any atom is -0.373 e. The second-order valence-electron chi connectivity index (χ2n) is 6.82. The number of aryl methyl sites for hydroxylation is 2. The van der Waals surface area contributed by atoms with E-state index in [0.29, 0.717) is 31.9 Å². The molecule has 1 atom stereocenters. The molecule has 4 heterocycles. The second kappa shape index (κ2) is 7.04. The fraction of sp³-hybridized carbons (Fsp3) is 0.389. The number of hydrogen-bond donors (Lipinski definition) is 0. The van der Waals surface area contributed by atoms with E-state index in [1.165, 1.54) is 10.6 Å². The number of nitrogens with zero attached hydrogens (tertiary/aromatic N) is 6. The molecule has 1 saturated heterocycles. The highest BCUT2D eigenvalue weighted by atomic mass is 16.6. The molecule has 146 valence electrons. The van der Waals surface area contributed by atoms with Crippen LogP contribution in [-0.4, -0.2) is 49.9 Å². The molecule has 1 aliphatic heterocycles. The quantitative estimate of drug-likeness (QED) is 0.493. The fourth-order valence-corrected chi connectivity index (χ4v) is 3.52. The second-order valence-corrected chi connectivity index (χ2v) is 6.82. The van der Waals surface area contributed by atoms with Crippen LogP contribution < -0.4 is 10.5 Å². The third-order valence-corrected chi connectivity index (χ3v) is 4.79. The summed E-state index contributed by atoms with van der Waals surface area (Å²) in [5.41, 5.74) is 1.11. The maximum Gasteiger partial charge on any atom is 0.376 e. The largest absolute Gasteiger partial charge is 0.376 e. The number of morpholine rings is 1. The van der Waals surface area contributed by atoms with Crippen LogP contribution in [0.3, 0.4) is 0 Å². The molecule has 10 nitrogen and oxygen atoms in total. The van der Waals surface area contributed by atoms with Gasteiger partial charge < -0.3 is 9.64 Å². The Kier molecular flexibility index (Phi) is 4.55. The highest BCUT2D eigenvalue weighted by molar-refractivity contribution is 5.61. The molecule has 1 fully saturated rings. The Hall–Kier alpha value is -3.27. The van der Waals surface area contributed by atoms with E-state index in [9.17, 15) is 14.9 Å². The van der Waals surface area contributed by atoms with Crippen molar-refractivity contribution < 1.29 is 9.66 Å². The minimum atomic E-state index is -0.688. The molecular formula is C18H20N6O4. The van der Waals surface area contributed by atoms with Crippen molar-refractivity contribution in [1.82, 2.24) is 19.2 Å². The maximum atomic E-state index is 12.7. The van der Waals surface area contributed by atoms with E-state index in [2.05, 4.69) is 10.1 Å². The van der Waals surface area contributed by atoms with Crippen molar-refractivity contribution in [1.29, 1.82) is 0 Å². The zero-order valence-corrected chi connectivity index (χ0v) is 15.6. The summed E-state index contributed by atoms with van der Waals surface area (Å²) >= 11 is 0. The predicted molar refractivity (Wildman–Crippen MR) is 102 cm³/mol. The van der Waals surface area contributed by atoms with E-state index in [0.717, 1.165) is 11.4 Å². The van der Waals surface area contributed by atoms with Gasteiger partial charge in [0, 0.05) is 25.0 Å². The molecule has 0 saturated carbocycles. The molecule has 0 aliphatic carbocycles. The average Bonchev–Trinajstić information content (AvgIpc) is 2.98. The molecule has 4 rings (SSSR count). The van der Waals surface area contributed by atoms with Crippen LogP contribution in [-0.2, 0) is 11.3 Å². The molecule has 0 N–H and O–H groups in total. The Morgan fingerprint density at radius 3 is 2.89 bits per heavy atom. The topological polar surface area (TPSA) is 108 Å². The van der Waals surface area contributed by atoms with Crippen LogP contribution in [0.15, 0.2) is 35.3 Å². The van der Waals surface area contributed by atoms with E-state index in [1.807, 2.05) is 24.6 Å². The van der Waals surface area contributed by atoms with Crippen LogP contribution in [0, 0.1) is 24.0 Å². The summed E-state index contributed by atoms with van der Waals surface area (Å²) in [6.07, 6.45) is 1.26. The van der Waals surface area contributed by atoms with Crippen molar-refractivity contribution in [3.8, 4) is 0 Å². The number of rotatable bonds is 4. The number of pyridine rings is 1. The van der Waals surface area contributed by atoms with Gasteiger partial charge in [0.15, 0.2) is 0 Å². The molecule has 10 heteroatoms. The Morgan fingerprint density at radius 2 is 2.18 bits per heavy atom. The molecule has 0 amide bonds. The van der Waals surface area contributed by atoms with E-state index < -0.39 is 16.2 Å². The molecule has 3 aromatic heterocycles. The number of hydrogen-bond acceptors (Lipinski definition) is 7. The van der Waals surface area contributed by atoms with Crippen LogP contribution in [0.1, 0.15) is 11.4 Å². The first-order chi connectivity index (χ1) is 13.4.